The Balaban J connectivity index is 1.74. The van der Waals surface area contributed by atoms with Gasteiger partial charge in [-0.3, -0.25) is 9.52 Å². The summed E-state index contributed by atoms with van der Waals surface area (Å²) in [6.45, 7) is 4.53. The minimum Gasteiger partial charge on any atom is -0.330 e. The van der Waals surface area contributed by atoms with Gasteiger partial charge in [0.15, 0.2) is 0 Å². The molecule has 0 saturated carbocycles. The molecule has 0 saturated heterocycles. The van der Waals surface area contributed by atoms with Crippen LogP contribution in [0.3, 0.4) is 0 Å². The smallest absolute Gasteiger partial charge is 0.263 e. The molecule has 1 aliphatic rings. The molecule has 1 aromatic heterocycles. The third-order valence-corrected chi connectivity index (χ3v) is 7.86. The van der Waals surface area contributed by atoms with Gasteiger partial charge in [0, 0.05) is 35.6 Å². The Labute approximate surface area is 199 Å². The number of nitrogens with one attached hydrogen (secondary N) is 1. The number of sulfonamides is 1. The molecule has 34 heavy (non-hydrogen) atoms. The van der Waals surface area contributed by atoms with E-state index < -0.39 is 10.0 Å². The number of rotatable bonds is 6. The monoisotopic (exact) mass is 473 g/mol. The van der Waals surface area contributed by atoms with Crippen molar-refractivity contribution in [1.82, 2.24) is 9.47 Å². The average Bonchev–Trinajstić information content (AvgIpc) is 3.25. The van der Waals surface area contributed by atoms with Gasteiger partial charge in [-0.2, -0.15) is 0 Å². The lowest BCUT2D eigenvalue weighted by molar-refractivity contribution is 0.0751. The van der Waals surface area contributed by atoms with Gasteiger partial charge in [-0.05, 0) is 43.2 Å². The maximum atomic E-state index is 13.4. The third-order valence-electron chi connectivity index (χ3n) is 6.50. The maximum Gasteiger partial charge on any atom is 0.263 e. The summed E-state index contributed by atoms with van der Waals surface area (Å²) in [5.74, 6) is 0.445. The Morgan fingerprint density at radius 2 is 1.62 bits per heavy atom. The van der Waals surface area contributed by atoms with Crippen LogP contribution in [0.15, 0.2) is 77.7 Å². The van der Waals surface area contributed by atoms with E-state index in [1.54, 1.807) is 24.3 Å². The van der Waals surface area contributed by atoms with E-state index >= 15 is 0 Å². The number of fused-ring (bicyclic) bond motifs is 2. The lowest BCUT2D eigenvalue weighted by Gasteiger charge is -2.26. The fourth-order valence-corrected chi connectivity index (χ4v) is 5.99. The minimum absolute atomic E-state index is 0.0253. The zero-order valence-corrected chi connectivity index (χ0v) is 20.3. The summed E-state index contributed by atoms with van der Waals surface area (Å²) in [4.78, 5) is 15.4. The van der Waals surface area contributed by atoms with Crippen molar-refractivity contribution in [2.24, 2.45) is 7.05 Å². The van der Waals surface area contributed by atoms with Crippen molar-refractivity contribution < 1.29 is 13.2 Å². The molecule has 1 N–H and O–H groups in total. The highest BCUT2D eigenvalue weighted by atomic mass is 32.2. The van der Waals surface area contributed by atoms with Gasteiger partial charge in [0.25, 0.3) is 15.9 Å². The number of hydrogen-bond acceptors (Lipinski definition) is 3. The van der Waals surface area contributed by atoms with E-state index in [9.17, 15) is 13.2 Å². The highest BCUT2D eigenvalue weighted by Crippen LogP contribution is 2.45. The van der Waals surface area contributed by atoms with Crippen LogP contribution in [0.4, 0.5) is 5.82 Å². The molecule has 0 spiro atoms. The Hall–Kier alpha value is -3.58. The number of aromatic nitrogens is 1. The summed E-state index contributed by atoms with van der Waals surface area (Å²) in [5, 5.41) is 0.919. The van der Waals surface area contributed by atoms with Crippen molar-refractivity contribution in [3.8, 4) is 0 Å². The van der Waals surface area contributed by atoms with Crippen LogP contribution in [0.2, 0.25) is 0 Å². The molecule has 0 bridgehead atoms. The van der Waals surface area contributed by atoms with Crippen molar-refractivity contribution in [2.45, 2.75) is 31.2 Å². The SMILES string of the molecule is CCCN1C(=O)c2ccccc2[C@@H]1c1c(NS(=O)(=O)c2ccc(C)cc2)n(C)c2ccccc12. The number of benzene rings is 3. The first-order valence-electron chi connectivity index (χ1n) is 11.4. The second kappa shape index (κ2) is 8.33. The highest BCUT2D eigenvalue weighted by Gasteiger charge is 2.40. The van der Waals surface area contributed by atoms with E-state index in [-0.39, 0.29) is 16.8 Å². The van der Waals surface area contributed by atoms with Gasteiger partial charge in [0.1, 0.15) is 5.82 Å². The Morgan fingerprint density at radius 1 is 0.941 bits per heavy atom. The number of nitrogens with zero attached hydrogens (tertiary/aromatic N) is 2. The van der Waals surface area contributed by atoms with E-state index in [2.05, 4.69) is 4.72 Å². The fourth-order valence-electron chi connectivity index (χ4n) is 4.88. The molecule has 1 atom stereocenters. The van der Waals surface area contributed by atoms with Gasteiger partial charge in [-0.15, -0.1) is 0 Å². The van der Waals surface area contributed by atoms with Crippen LogP contribution in [0.1, 0.15) is 46.4 Å². The molecule has 6 nitrogen and oxygen atoms in total. The normalized spacial score (nSPS) is 15.7. The molecular weight excluding hydrogens is 446 g/mol. The van der Waals surface area contributed by atoms with E-state index in [4.69, 9.17) is 0 Å². The summed E-state index contributed by atoms with van der Waals surface area (Å²) in [5.41, 5.74) is 4.24. The topological polar surface area (TPSA) is 71.4 Å². The number of anilines is 1. The first-order chi connectivity index (χ1) is 16.3. The first-order valence-corrected chi connectivity index (χ1v) is 12.9. The van der Waals surface area contributed by atoms with E-state index in [0.29, 0.717) is 17.9 Å². The lowest BCUT2D eigenvalue weighted by Crippen LogP contribution is -2.30. The van der Waals surface area contributed by atoms with Crippen molar-refractivity contribution in [2.75, 3.05) is 11.3 Å². The molecule has 2 heterocycles. The van der Waals surface area contributed by atoms with Crippen molar-refractivity contribution in [3.05, 3.63) is 95.1 Å². The van der Waals surface area contributed by atoms with E-state index in [1.165, 1.54) is 0 Å². The Bertz CT molecular complexity index is 1500. The minimum atomic E-state index is -3.85. The van der Waals surface area contributed by atoms with Crippen LogP contribution >= 0.6 is 0 Å². The Morgan fingerprint density at radius 3 is 2.35 bits per heavy atom. The number of amides is 1. The molecule has 0 fully saturated rings. The van der Waals surface area contributed by atoms with Crippen LogP contribution < -0.4 is 4.72 Å². The number of carbonyl (C=O) groups is 1. The highest BCUT2D eigenvalue weighted by molar-refractivity contribution is 7.92. The van der Waals surface area contributed by atoms with Gasteiger partial charge >= 0.3 is 0 Å². The molecule has 3 aromatic carbocycles. The van der Waals surface area contributed by atoms with Crippen LogP contribution in [-0.2, 0) is 17.1 Å². The van der Waals surface area contributed by atoms with Gasteiger partial charge < -0.3 is 9.47 Å². The third kappa shape index (κ3) is 3.47. The van der Waals surface area contributed by atoms with Crippen LogP contribution in [-0.4, -0.2) is 30.3 Å². The van der Waals surface area contributed by atoms with Crippen LogP contribution in [0, 0.1) is 6.92 Å². The van der Waals surface area contributed by atoms with Crippen molar-refractivity contribution in [1.29, 1.82) is 0 Å². The predicted octanol–water partition coefficient (Wildman–Crippen LogP) is 5.24. The zero-order valence-electron chi connectivity index (χ0n) is 19.4. The van der Waals surface area contributed by atoms with Crippen molar-refractivity contribution in [3.63, 3.8) is 0 Å². The molecule has 0 aliphatic carbocycles. The molecule has 1 amide bonds. The van der Waals surface area contributed by atoms with E-state index in [1.807, 2.05) is 78.9 Å². The van der Waals surface area contributed by atoms with Gasteiger partial charge in [-0.25, -0.2) is 8.42 Å². The second-order valence-corrected chi connectivity index (χ2v) is 10.4. The zero-order chi connectivity index (χ0) is 24.0. The quantitative estimate of drug-likeness (QED) is 0.416. The van der Waals surface area contributed by atoms with E-state index in [0.717, 1.165) is 34.0 Å². The predicted molar refractivity (Wildman–Crippen MR) is 135 cm³/mol. The maximum absolute atomic E-state index is 13.4. The summed E-state index contributed by atoms with van der Waals surface area (Å²) < 4.78 is 31.6. The number of carbonyl (C=O) groups excluding carboxylic acids is 1. The van der Waals surface area contributed by atoms with Gasteiger partial charge in [0.05, 0.1) is 10.9 Å². The summed E-state index contributed by atoms with van der Waals surface area (Å²) in [7, 11) is -1.99. The average molecular weight is 474 g/mol. The fraction of sp³-hybridized carbons (Fsp3) is 0.222. The second-order valence-electron chi connectivity index (χ2n) is 8.75. The first kappa shape index (κ1) is 22.2. The Kier molecular flexibility index (Phi) is 5.44. The molecule has 7 heteroatoms. The van der Waals surface area contributed by atoms with Crippen LogP contribution in [0.5, 0.6) is 0 Å². The largest absolute Gasteiger partial charge is 0.330 e. The molecule has 5 rings (SSSR count). The molecule has 1 aliphatic heterocycles. The lowest BCUT2D eigenvalue weighted by atomic mass is 9.96. The molecule has 0 unspecified atom stereocenters. The summed E-state index contributed by atoms with van der Waals surface area (Å²) in [6, 6.07) is 21.8. The summed E-state index contributed by atoms with van der Waals surface area (Å²) >= 11 is 0. The molecular formula is C27H27N3O3S. The van der Waals surface area contributed by atoms with Crippen molar-refractivity contribution >= 4 is 32.7 Å². The molecule has 0 radical (unpaired) electrons. The number of aryl methyl sites for hydroxylation is 2. The number of para-hydroxylation sites is 1. The summed E-state index contributed by atoms with van der Waals surface area (Å²) in [6.07, 6.45) is 0.797. The molecule has 4 aromatic rings. The molecule has 174 valence electrons. The standard InChI is InChI=1S/C27H27N3O3S/c1-4-17-30-25(20-9-5-6-10-21(20)27(30)31)24-22-11-7-8-12-23(22)29(3)26(24)28-34(32,33)19-15-13-18(2)14-16-19/h5-16,25,28H,4,17H2,1-3H3/t25-/m1/s1. The van der Waals surface area contributed by atoms with Crippen LogP contribution in [0.25, 0.3) is 10.9 Å². The van der Waals surface area contributed by atoms with Gasteiger partial charge in [0.2, 0.25) is 0 Å². The number of hydrogen-bond donors (Lipinski definition) is 1. The van der Waals surface area contributed by atoms with Gasteiger partial charge in [-0.1, -0.05) is 61.0 Å².